The van der Waals surface area contributed by atoms with Crippen LogP contribution in [0.5, 0.6) is 0 Å². The van der Waals surface area contributed by atoms with Crippen LogP contribution < -0.4 is 5.32 Å². The number of carbonyl (C=O) groups excluding carboxylic acids is 1. The molecule has 122 valence electrons. The fourth-order valence-electron chi connectivity index (χ4n) is 2.91. The van der Waals surface area contributed by atoms with Gasteiger partial charge in [0.15, 0.2) is 0 Å². The van der Waals surface area contributed by atoms with Crippen LogP contribution in [0.4, 0.5) is 8.78 Å². The smallest absolute Gasteiger partial charge is 0.262 e. The highest BCUT2D eigenvalue weighted by Crippen LogP contribution is 2.30. The molecule has 1 aliphatic carbocycles. The number of ether oxygens (including phenoxy) is 1. The third-order valence-corrected chi connectivity index (χ3v) is 4.43. The highest BCUT2D eigenvalue weighted by atomic mass is 35.5. The van der Waals surface area contributed by atoms with Gasteiger partial charge in [0.25, 0.3) is 5.92 Å². The first-order chi connectivity index (χ1) is 9.53. The first-order valence-electron chi connectivity index (χ1n) is 7.55. The molecule has 0 aromatic heterocycles. The normalized spacial score (nSPS) is 29.2. The van der Waals surface area contributed by atoms with E-state index in [0.29, 0.717) is 13.1 Å². The zero-order valence-corrected chi connectivity index (χ0v) is 12.8. The van der Waals surface area contributed by atoms with Crippen molar-refractivity contribution in [3.63, 3.8) is 0 Å². The summed E-state index contributed by atoms with van der Waals surface area (Å²) in [5, 5.41) is 2.63. The second kappa shape index (κ2) is 6.75. The fourth-order valence-corrected chi connectivity index (χ4v) is 2.91. The van der Waals surface area contributed by atoms with Crippen LogP contribution in [0.25, 0.3) is 0 Å². The Kier molecular flexibility index (Phi) is 5.43. The molecule has 0 aromatic carbocycles. The van der Waals surface area contributed by atoms with Crippen molar-refractivity contribution in [2.75, 3.05) is 26.2 Å². The summed E-state index contributed by atoms with van der Waals surface area (Å²) in [6.07, 6.45) is 4.06. The monoisotopic (exact) mass is 324 g/mol. The molecule has 2 saturated heterocycles. The van der Waals surface area contributed by atoms with E-state index in [1.807, 2.05) is 0 Å². The van der Waals surface area contributed by atoms with Crippen LogP contribution in [0.3, 0.4) is 0 Å². The van der Waals surface area contributed by atoms with Crippen LogP contribution in [0.1, 0.15) is 32.1 Å². The quantitative estimate of drug-likeness (QED) is 0.857. The number of piperidine rings is 1. The first kappa shape index (κ1) is 16.9. The predicted octanol–water partition coefficient (Wildman–Crippen LogP) is 1.82. The van der Waals surface area contributed by atoms with Crippen molar-refractivity contribution >= 4 is 18.3 Å². The van der Waals surface area contributed by atoms with E-state index in [4.69, 9.17) is 4.74 Å². The molecule has 0 spiro atoms. The van der Waals surface area contributed by atoms with Crippen molar-refractivity contribution in [2.45, 2.75) is 50.2 Å². The molecule has 1 amide bonds. The Morgan fingerprint density at radius 3 is 2.43 bits per heavy atom. The minimum Gasteiger partial charge on any atom is -0.378 e. The van der Waals surface area contributed by atoms with Crippen molar-refractivity contribution in [3.05, 3.63) is 0 Å². The zero-order valence-electron chi connectivity index (χ0n) is 12.0. The van der Waals surface area contributed by atoms with E-state index in [9.17, 15) is 13.6 Å². The lowest BCUT2D eigenvalue weighted by molar-refractivity contribution is -0.136. The number of hydrogen-bond acceptors (Lipinski definition) is 3. The van der Waals surface area contributed by atoms with Gasteiger partial charge in [-0.25, -0.2) is 8.78 Å². The maximum absolute atomic E-state index is 13.1. The van der Waals surface area contributed by atoms with E-state index in [-0.39, 0.29) is 37.4 Å². The molecule has 1 atom stereocenters. The summed E-state index contributed by atoms with van der Waals surface area (Å²) in [6, 6.07) is -0.714. The molecule has 0 bridgehead atoms. The van der Waals surface area contributed by atoms with Crippen molar-refractivity contribution in [2.24, 2.45) is 5.92 Å². The Bertz CT molecular complexity index is 372. The Balaban J connectivity index is 0.00000161. The van der Waals surface area contributed by atoms with Gasteiger partial charge < -0.3 is 9.64 Å². The van der Waals surface area contributed by atoms with Gasteiger partial charge in [0.2, 0.25) is 5.91 Å². The highest BCUT2D eigenvalue weighted by molar-refractivity contribution is 5.85. The topological polar surface area (TPSA) is 41.6 Å². The number of likely N-dealkylation sites (tertiary alicyclic amines) is 1. The largest absolute Gasteiger partial charge is 0.378 e. The van der Waals surface area contributed by atoms with Gasteiger partial charge in [-0.2, -0.15) is 0 Å². The SMILES string of the molecule is Cl.O=C(C1CC(F)(F)CN1)N1CCC(OCC2CC2)CC1. The van der Waals surface area contributed by atoms with Gasteiger partial charge in [0, 0.05) is 26.1 Å². The number of nitrogens with one attached hydrogen (secondary N) is 1. The average Bonchev–Trinajstić information content (AvgIpc) is 3.19. The molecule has 2 aliphatic heterocycles. The Hall–Kier alpha value is -0.460. The Morgan fingerprint density at radius 1 is 1.24 bits per heavy atom. The van der Waals surface area contributed by atoms with Gasteiger partial charge >= 0.3 is 0 Å². The summed E-state index contributed by atoms with van der Waals surface area (Å²) < 4.78 is 32.0. The molecule has 0 radical (unpaired) electrons. The molecule has 4 nitrogen and oxygen atoms in total. The predicted molar refractivity (Wildman–Crippen MR) is 76.9 cm³/mol. The van der Waals surface area contributed by atoms with E-state index in [1.54, 1.807) is 4.90 Å². The molecule has 7 heteroatoms. The van der Waals surface area contributed by atoms with Crippen molar-refractivity contribution in [1.29, 1.82) is 0 Å². The lowest BCUT2D eigenvalue weighted by atomic mass is 10.1. The molecule has 0 aromatic rings. The third-order valence-electron chi connectivity index (χ3n) is 4.43. The van der Waals surface area contributed by atoms with Crippen LogP contribution in [0.15, 0.2) is 0 Å². The molecule has 1 saturated carbocycles. The molecule has 1 N–H and O–H groups in total. The number of halogens is 3. The summed E-state index contributed by atoms with van der Waals surface area (Å²) >= 11 is 0. The van der Waals surface area contributed by atoms with Crippen molar-refractivity contribution in [3.8, 4) is 0 Å². The second-order valence-corrected chi connectivity index (χ2v) is 6.29. The minimum absolute atomic E-state index is 0. The first-order valence-corrected chi connectivity index (χ1v) is 7.55. The molecular weight excluding hydrogens is 302 g/mol. The van der Waals surface area contributed by atoms with Crippen LogP contribution in [0, 0.1) is 5.92 Å². The van der Waals surface area contributed by atoms with Crippen LogP contribution >= 0.6 is 12.4 Å². The van der Waals surface area contributed by atoms with E-state index in [0.717, 1.165) is 25.4 Å². The number of nitrogens with zero attached hydrogens (tertiary/aromatic N) is 1. The maximum Gasteiger partial charge on any atom is 0.262 e. The Labute approximate surface area is 130 Å². The molecule has 2 heterocycles. The lowest BCUT2D eigenvalue weighted by Crippen LogP contribution is -2.48. The van der Waals surface area contributed by atoms with Crippen molar-refractivity contribution in [1.82, 2.24) is 10.2 Å². The summed E-state index contributed by atoms with van der Waals surface area (Å²) in [5.41, 5.74) is 0. The molecular formula is C14H23ClF2N2O2. The number of hydrogen-bond donors (Lipinski definition) is 1. The van der Waals surface area contributed by atoms with Gasteiger partial charge in [-0.05, 0) is 31.6 Å². The second-order valence-electron chi connectivity index (χ2n) is 6.29. The summed E-state index contributed by atoms with van der Waals surface area (Å²) in [7, 11) is 0. The van der Waals surface area contributed by atoms with Gasteiger partial charge in [-0.3, -0.25) is 10.1 Å². The number of rotatable bonds is 4. The minimum atomic E-state index is -2.74. The van der Waals surface area contributed by atoms with E-state index in [2.05, 4.69) is 5.32 Å². The lowest BCUT2D eigenvalue weighted by Gasteiger charge is -2.33. The average molecular weight is 325 g/mol. The fraction of sp³-hybridized carbons (Fsp3) is 0.929. The zero-order chi connectivity index (χ0) is 14.2. The maximum atomic E-state index is 13.1. The van der Waals surface area contributed by atoms with E-state index >= 15 is 0 Å². The molecule has 1 unspecified atom stereocenters. The summed E-state index contributed by atoms with van der Waals surface area (Å²) in [4.78, 5) is 13.9. The molecule has 3 rings (SSSR count). The van der Waals surface area contributed by atoms with Gasteiger partial charge in [-0.15, -0.1) is 12.4 Å². The molecule has 3 fully saturated rings. The third kappa shape index (κ3) is 4.50. The number of alkyl halides is 2. The van der Waals surface area contributed by atoms with Gasteiger partial charge in [0.1, 0.15) is 0 Å². The molecule has 3 aliphatic rings. The standard InChI is InChI=1S/C14H22F2N2O2.ClH/c15-14(16)7-12(17-9-14)13(19)18-5-3-11(4-6-18)20-8-10-1-2-10;/h10-12,17H,1-9H2;1H. The van der Waals surface area contributed by atoms with Crippen LogP contribution in [0.2, 0.25) is 0 Å². The van der Waals surface area contributed by atoms with Crippen LogP contribution in [-0.4, -0.2) is 55.1 Å². The molecule has 21 heavy (non-hydrogen) atoms. The number of amides is 1. The number of carbonyl (C=O) groups is 1. The van der Waals surface area contributed by atoms with Crippen LogP contribution in [-0.2, 0) is 9.53 Å². The van der Waals surface area contributed by atoms with Gasteiger partial charge in [-0.1, -0.05) is 0 Å². The van der Waals surface area contributed by atoms with Gasteiger partial charge in [0.05, 0.1) is 18.7 Å². The Morgan fingerprint density at radius 2 is 1.90 bits per heavy atom. The highest BCUT2D eigenvalue weighted by Gasteiger charge is 2.43. The summed E-state index contributed by atoms with van der Waals surface area (Å²) in [6.45, 7) is 1.70. The summed E-state index contributed by atoms with van der Waals surface area (Å²) in [5.74, 6) is -2.17. The van der Waals surface area contributed by atoms with Crippen molar-refractivity contribution < 1.29 is 18.3 Å². The van der Waals surface area contributed by atoms with E-state index in [1.165, 1.54) is 12.8 Å². The van der Waals surface area contributed by atoms with E-state index < -0.39 is 12.0 Å².